The molecule has 118 valence electrons. The Hall–Kier alpha value is -3.34. The number of aromatic nitrogens is 2. The van der Waals surface area contributed by atoms with Crippen molar-refractivity contribution in [3.8, 4) is 17.5 Å². The van der Waals surface area contributed by atoms with Crippen LogP contribution in [-0.2, 0) is 4.74 Å². The number of hydrogen-bond donors (Lipinski definition) is 1. The molecular weight excluding hydrogens is 300 g/mol. The summed E-state index contributed by atoms with van der Waals surface area (Å²) in [5.74, 6) is -0.216. The van der Waals surface area contributed by atoms with Gasteiger partial charge < -0.3 is 15.2 Å². The highest BCUT2D eigenvalue weighted by Gasteiger charge is 2.21. The third-order valence-electron chi connectivity index (χ3n) is 3.03. The number of carbonyl (C=O) groups excluding carboxylic acids is 1. The minimum atomic E-state index is -0.802. The highest BCUT2D eigenvalue weighted by Crippen LogP contribution is 2.16. The summed E-state index contributed by atoms with van der Waals surface area (Å²) in [7, 11) is 1.51. The van der Waals surface area contributed by atoms with Gasteiger partial charge >= 0.3 is 5.97 Å². The molecule has 0 saturated carbocycles. The second kappa shape index (κ2) is 6.62. The Balaban J connectivity index is 2.67. The fraction of sp³-hybridized carbons (Fsp3) is 0.200. The Kier molecular flexibility index (Phi) is 4.61. The quantitative estimate of drug-likeness (QED) is 0.831. The molecule has 2 rings (SSSR count). The number of benzene rings is 1. The SMILES string of the molecule is CCOC(=O)c1nn(-c2ccc(OC)cc2)c(=O)c(C#N)c1N. The van der Waals surface area contributed by atoms with Crippen LogP contribution in [0.1, 0.15) is 23.0 Å². The molecule has 0 bridgehead atoms. The summed E-state index contributed by atoms with van der Waals surface area (Å²) in [5.41, 5.74) is 4.41. The fourth-order valence-corrected chi connectivity index (χ4v) is 1.90. The molecule has 0 aliphatic rings. The molecule has 0 amide bonds. The fourth-order valence-electron chi connectivity index (χ4n) is 1.90. The Labute approximate surface area is 131 Å². The van der Waals surface area contributed by atoms with Gasteiger partial charge in [0.05, 0.1) is 25.1 Å². The Morgan fingerprint density at radius 3 is 2.57 bits per heavy atom. The van der Waals surface area contributed by atoms with E-state index in [2.05, 4.69) is 5.10 Å². The van der Waals surface area contributed by atoms with Crippen molar-refractivity contribution in [2.45, 2.75) is 6.92 Å². The Morgan fingerprint density at radius 1 is 1.39 bits per heavy atom. The molecule has 0 spiro atoms. The number of ether oxygens (including phenoxy) is 2. The van der Waals surface area contributed by atoms with E-state index in [-0.39, 0.29) is 23.6 Å². The van der Waals surface area contributed by atoms with E-state index in [1.807, 2.05) is 0 Å². The first kappa shape index (κ1) is 16.0. The number of rotatable bonds is 4. The van der Waals surface area contributed by atoms with Gasteiger partial charge in [0.1, 0.15) is 17.4 Å². The standard InChI is InChI=1S/C15H14N4O4/c1-3-23-15(21)13-12(17)11(8-16)14(20)19(18-13)9-4-6-10(22-2)7-5-9/h4-7H,3,17H2,1-2H3. The Morgan fingerprint density at radius 2 is 2.04 bits per heavy atom. The number of methoxy groups -OCH3 is 1. The predicted molar refractivity (Wildman–Crippen MR) is 81.5 cm³/mol. The summed E-state index contributed by atoms with van der Waals surface area (Å²) in [6.45, 7) is 1.74. The molecule has 1 aromatic carbocycles. The van der Waals surface area contributed by atoms with Crippen molar-refractivity contribution in [1.29, 1.82) is 5.26 Å². The van der Waals surface area contributed by atoms with Crippen LogP contribution in [-0.4, -0.2) is 29.5 Å². The van der Waals surface area contributed by atoms with Gasteiger partial charge in [0.25, 0.3) is 5.56 Å². The number of anilines is 1. The summed E-state index contributed by atoms with van der Waals surface area (Å²) >= 11 is 0. The first-order valence-corrected chi connectivity index (χ1v) is 6.67. The van der Waals surface area contributed by atoms with Crippen molar-refractivity contribution in [1.82, 2.24) is 9.78 Å². The molecule has 0 atom stereocenters. The van der Waals surface area contributed by atoms with Gasteiger partial charge in [-0.1, -0.05) is 0 Å². The second-order valence-corrected chi connectivity index (χ2v) is 4.38. The van der Waals surface area contributed by atoms with Crippen LogP contribution < -0.4 is 16.0 Å². The van der Waals surface area contributed by atoms with E-state index < -0.39 is 11.5 Å². The number of nitrogens with zero attached hydrogens (tertiary/aromatic N) is 3. The van der Waals surface area contributed by atoms with Gasteiger partial charge in [0.2, 0.25) is 0 Å². The number of nitrogen functional groups attached to an aromatic ring is 1. The van der Waals surface area contributed by atoms with Crippen molar-refractivity contribution in [2.75, 3.05) is 19.5 Å². The number of carbonyl (C=O) groups is 1. The summed E-state index contributed by atoms with van der Waals surface area (Å²) in [6, 6.07) is 8.08. The molecule has 0 saturated heterocycles. The van der Waals surface area contributed by atoms with E-state index in [0.717, 1.165) is 4.68 Å². The van der Waals surface area contributed by atoms with Crippen LogP contribution in [0.3, 0.4) is 0 Å². The number of hydrogen-bond acceptors (Lipinski definition) is 7. The summed E-state index contributed by atoms with van der Waals surface area (Å²) in [6.07, 6.45) is 0. The van der Waals surface area contributed by atoms with Crippen LogP contribution >= 0.6 is 0 Å². The van der Waals surface area contributed by atoms with E-state index in [0.29, 0.717) is 11.4 Å². The lowest BCUT2D eigenvalue weighted by Crippen LogP contribution is -2.29. The smallest absolute Gasteiger partial charge is 0.361 e. The molecule has 2 N–H and O–H groups in total. The van der Waals surface area contributed by atoms with Gasteiger partial charge in [-0.05, 0) is 31.2 Å². The number of nitrogens with two attached hydrogens (primary N) is 1. The van der Waals surface area contributed by atoms with Crippen molar-refractivity contribution in [2.24, 2.45) is 0 Å². The minimum Gasteiger partial charge on any atom is -0.497 e. The van der Waals surface area contributed by atoms with E-state index in [1.165, 1.54) is 7.11 Å². The molecule has 0 radical (unpaired) electrons. The molecule has 2 aromatic rings. The summed E-state index contributed by atoms with van der Waals surface area (Å²) in [4.78, 5) is 24.2. The number of nitriles is 1. The lowest BCUT2D eigenvalue weighted by Gasteiger charge is -2.11. The molecule has 0 unspecified atom stereocenters. The summed E-state index contributed by atoms with van der Waals surface area (Å²) < 4.78 is 10.8. The van der Waals surface area contributed by atoms with Crippen LogP contribution in [0.2, 0.25) is 0 Å². The van der Waals surface area contributed by atoms with Gasteiger partial charge in [0, 0.05) is 0 Å². The molecule has 0 fully saturated rings. The zero-order chi connectivity index (χ0) is 17.0. The van der Waals surface area contributed by atoms with Crippen LogP contribution in [0, 0.1) is 11.3 Å². The van der Waals surface area contributed by atoms with Gasteiger partial charge in [-0.25, -0.2) is 4.79 Å². The van der Waals surface area contributed by atoms with Gasteiger partial charge in [0.15, 0.2) is 5.69 Å². The molecular formula is C15H14N4O4. The molecule has 0 aliphatic heterocycles. The van der Waals surface area contributed by atoms with Gasteiger partial charge in [-0.15, -0.1) is 0 Å². The van der Waals surface area contributed by atoms with E-state index >= 15 is 0 Å². The molecule has 1 heterocycles. The number of esters is 1. The Bertz CT molecular complexity index is 834. The molecule has 0 aliphatic carbocycles. The van der Waals surface area contributed by atoms with E-state index in [1.54, 1.807) is 37.3 Å². The zero-order valence-electron chi connectivity index (χ0n) is 12.6. The maximum Gasteiger partial charge on any atom is 0.361 e. The van der Waals surface area contributed by atoms with Gasteiger partial charge in [-0.2, -0.15) is 15.0 Å². The maximum absolute atomic E-state index is 12.3. The summed E-state index contributed by atoms with van der Waals surface area (Å²) in [5, 5.41) is 13.1. The van der Waals surface area contributed by atoms with Crippen LogP contribution in [0.15, 0.2) is 29.1 Å². The molecule has 8 heteroatoms. The maximum atomic E-state index is 12.3. The van der Waals surface area contributed by atoms with Crippen molar-refractivity contribution >= 4 is 11.7 Å². The van der Waals surface area contributed by atoms with Crippen LogP contribution in [0.4, 0.5) is 5.69 Å². The largest absolute Gasteiger partial charge is 0.497 e. The third-order valence-corrected chi connectivity index (χ3v) is 3.03. The monoisotopic (exact) mass is 314 g/mol. The van der Waals surface area contributed by atoms with E-state index in [4.69, 9.17) is 20.5 Å². The highest BCUT2D eigenvalue weighted by atomic mass is 16.5. The average Bonchev–Trinajstić information content (AvgIpc) is 2.56. The molecule has 1 aromatic heterocycles. The average molecular weight is 314 g/mol. The second-order valence-electron chi connectivity index (χ2n) is 4.38. The van der Waals surface area contributed by atoms with Crippen LogP contribution in [0.5, 0.6) is 5.75 Å². The highest BCUT2D eigenvalue weighted by molar-refractivity contribution is 5.93. The molecule has 23 heavy (non-hydrogen) atoms. The van der Waals surface area contributed by atoms with Crippen molar-refractivity contribution in [3.63, 3.8) is 0 Å². The van der Waals surface area contributed by atoms with E-state index in [9.17, 15) is 9.59 Å². The van der Waals surface area contributed by atoms with Crippen LogP contribution in [0.25, 0.3) is 5.69 Å². The topological polar surface area (TPSA) is 120 Å². The molecule has 8 nitrogen and oxygen atoms in total. The predicted octanol–water partition coefficient (Wildman–Crippen LogP) is 0.872. The third kappa shape index (κ3) is 2.98. The van der Waals surface area contributed by atoms with Crippen molar-refractivity contribution < 1.29 is 14.3 Å². The lowest BCUT2D eigenvalue weighted by molar-refractivity contribution is 0.0518. The normalized spacial score (nSPS) is 9.96. The zero-order valence-corrected chi connectivity index (χ0v) is 12.6. The first-order valence-electron chi connectivity index (χ1n) is 6.67. The lowest BCUT2D eigenvalue weighted by atomic mass is 10.2. The van der Waals surface area contributed by atoms with Crippen molar-refractivity contribution in [3.05, 3.63) is 45.9 Å². The first-order chi connectivity index (χ1) is 11.0. The van der Waals surface area contributed by atoms with Gasteiger partial charge in [-0.3, -0.25) is 4.79 Å². The minimum absolute atomic E-state index is 0.115.